The molecule has 4 nitrogen and oxygen atoms in total. The Morgan fingerprint density at radius 2 is 1.64 bits per heavy atom. The average molecular weight is 363 g/mol. The van der Waals surface area contributed by atoms with Crippen LogP contribution in [-0.2, 0) is 4.79 Å². The first kappa shape index (κ1) is 21.0. The molecule has 0 saturated heterocycles. The summed E-state index contributed by atoms with van der Waals surface area (Å²) in [5, 5.41) is 2.91. The van der Waals surface area contributed by atoms with Gasteiger partial charge in [-0.2, -0.15) is 0 Å². The zero-order valence-electron chi connectivity index (χ0n) is 15.2. The molecule has 0 aliphatic rings. The lowest BCUT2D eigenvalue weighted by molar-refractivity contribution is -0.123. The molecule has 136 valence electrons. The predicted molar refractivity (Wildman–Crippen MR) is 104 cm³/mol. The van der Waals surface area contributed by atoms with Gasteiger partial charge in [0.15, 0.2) is 0 Å². The summed E-state index contributed by atoms with van der Waals surface area (Å²) in [6.07, 6.45) is 0. The third-order valence-corrected chi connectivity index (χ3v) is 3.99. The van der Waals surface area contributed by atoms with E-state index in [0.717, 1.165) is 28.0 Å². The Kier molecular flexibility index (Phi) is 7.94. The Hall–Kier alpha value is -2.04. The van der Waals surface area contributed by atoms with Crippen molar-refractivity contribution < 1.29 is 9.53 Å². The van der Waals surface area contributed by atoms with Crippen LogP contribution in [-0.4, -0.2) is 18.6 Å². The molecular weight excluding hydrogens is 336 g/mol. The molecule has 0 spiro atoms. The number of nitrogens with two attached hydrogens (primary N) is 1. The van der Waals surface area contributed by atoms with Gasteiger partial charge in [0.2, 0.25) is 5.91 Å². The third kappa shape index (κ3) is 5.76. The molecule has 5 heteroatoms. The number of amides is 1. The van der Waals surface area contributed by atoms with Gasteiger partial charge in [-0.25, -0.2) is 0 Å². The molecule has 0 aliphatic carbocycles. The van der Waals surface area contributed by atoms with Gasteiger partial charge < -0.3 is 15.8 Å². The van der Waals surface area contributed by atoms with Gasteiger partial charge in [-0.05, 0) is 44.4 Å². The molecule has 1 amide bonds. The third-order valence-electron chi connectivity index (χ3n) is 3.99. The van der Waals surface area contributed by atoms with Crippen molar-refractivity contribution in [2.45, 2.75) is 39.8 Å². The molecule has 0 aliphatic heterocycles. The Morgan fingerprint density at radius 3 is 2.20 bits per heavy atom. The molecule has 2 rings (SSSR count). The monoisotopic (exact) mass is 362 g/mol. The number of para-hydroxylation sites is 1. The van der Waals surface area contributed by atoms with Gasteiger partial charge in [-0.3, -0.25) is 4.79 Å². The second-order valence-electron chi connectivity index (χ2n) is 6.33. The summed E-state index contributed by atoms with van der Waals surface area (Å²) in [6.45, 7) is 8.34. The van der Waals surface area contributed by atoms with Crippen molar-refractivity contribution in [2.75, 3.05) is 6.61 Å². The fraction of sp³-hybridized carbons (Fsp3) is 0.350. The van der Waals surface area contributed by atoms with Gasteiger partial charge in [0, 0.05) is 0 Å². The maximum atomic E-state index is 12.3. The second-order valence-corrected chi connectivity index (χ2v) is 6.33. The van der Waals surface area contributed by atoms with Crippen molar-refractivity contribution in [2.24, 2.45) is 5.73 Å². The normalized spacial score (nSPS) is 12.7. The molecular formula is C20H27ClN2O2. The number of aryl methyl sites for hydroxylation is 3. The molecule has 2 aromatic carbocycles. The summed E-state index contributed by atoms with van der Waals surface area (Å²) in [4.78, 5) is 12.3. The molecule has 0 heterocycles. The fourth-order valence-corrected chi connectivity index (χ4v) is 2.53. The summed E-state index contributed by atoms with van der Waals surface area (Å²) < 4.78 is 5.88. The molecule has 3 N–H and O–H groups in total. The summed E-state index contributed by atoms with van der Waals surface area (Å²) in [5.41, 5.74) is 10.2. The van der Waals surface area contributed by atoms with Crippen LogP contribution >= 0.6 is 12.4 Å². The Labute approximate surface area is 156 Å². The largest absolute Gasteiger partial charge is 0.491 e. The highest BCUT2D eigenvalue weighted by Gasteiger charge is 2.18. The first-order chi connectivity index (χ1) is 11.4. The SMILES string of the molecule is Cc1ccc(C(N)C(=O)NC(C)COc2c(C)cccc2C)cc1.Cl. The summed E-state index contributed by atoms with van der Waals surface area (Å²) >= 11 is 0. The van der Waals surface area contributed by atoms with E-state index in [2.05, 4.69) is 5.32 Å². The zero-order valence-corrected chi connectivity index (χ0v) is 16.0. The first-order valence-corrected chi connectivity index (χ1v) is 8.20. The number of ether oxygens (including phenoxy) is 1. The van der Waals surface area contributed by atoms with Crippen LogP contribution in [0.5, 0.6) is 5.75 Å². The van der Waals surface area contributed by atoms with E-state index in [-0.39, 0.29) is 24.4 Å². The summed E-state index contributed by atoms with van der Waals surface area (Å²) in [5.74, 6) is 0.679. The Balaban J connectivity index is 0.00000312. The molecule has 2 unspecified atom stereocenters. The number of benzene rings is 2. The van der Waals surface area contributed by atoms with Crippen molar-refractivity contribution in [3.8, 4) is 5.75 Å². The summed E-state index contributed by atoms with van der Waals surface area (Å²) in [6, 6.07) is 12.9. The van der Waals surface area contributed by atoms with Crippen LogP contribution in [0.15, 0.2) is 42.5 Å². The number of hydrogen-bond donors (Lipinski definition) is 2. The standard InChI is InChI=1S/C20H26N2O2.ClH/c1-13-8-10-17(11-9-13)18(21)20(23)22-16(4)12-24-19-14(2)6-5-7-15(19)3;/h5-11,16,18H,12,21H2,1-4H3,(H,22,23);1H. The van der Waals surface area contributed by atoms with E-state index < -0.39 is 6.04 Å². The molecule has 2 atom stereocenters. The lowest BCUT2D eigenvalue weighted by atomic mass is 10.1. The number of halogens is 1. The van der Waals surface area contributed by atoms with Crippen LogP contribution in [0.2, 0.25) is 0 Å². The molecule has 0 fully saturated rings. The van der Waals surface area contributed by atoms with E-state index in [9.17, 15) is 4.79 Å². The van der Waals surface area contributed by atoms with Gasteiger partial charge >= 0.3 is 0 Å². The Bertz CT molecular complexity index is 681. The molecule has 25 heavy (non-hydrogen) atoms. The number of nitrogens with one attached hydrogen (secondary N) is 1. The van der Waals surface area contributed by atoms with E-state index in [1.54, 1.807) is 0 Å². The highest BCUT2D eigenvalue weighted by molar-refractivity contribution is 5.85. The van der Waals surface area contributed by atoms with E-state index in [1.165, 1.54) is 0 Å². The quantitative estimate of drug-likeness (QED) is 0.824. The van der Waals surface area contributed by atoms with Gasteiger partial charge in [-0.1, -0.05) is 48.0 Å². The van der Waals surface area contributed by atoms with Crippen molar-refractivity contribution in [1.29, 1.82) is 0 Å². The molecule has 0 radical (unpaired) electrons. The number of carbonyl (C=O) groups excluding carboxylic acids is 1. The van der Waals surface area contributed by atoms with E-state index in [1.807, 2.05) is 70.2 Å². The molecule has 2 aromatic rings. The maximum Gasteiger partial charge on any atom is 0.241 e. The van der Waals surface area contributed by atoms with Crippen LogP contribution in [0.1, 0.15) is 35.2 Å². The Morgan fingerprint density at radius 1 is 1.08 bits per heavy atom. The van der Waals surface area contributed by atoms with Crippen LogP contribution in [0.3, 0.4) is 0 Å². The molecule has 0 aromatic heterocycles. The van der Waals surface area contributed by atoms with Crippen molar-refractivity contribution in [3.05, 3.63) is 64.7 Å². The zero-order chi connectivity index (χ0) is 17.7. The van der Waals surface area contributed by atoms with Crippen LogP contribution in [0, 0.1) is 20.8 Å². The minimum absolute atomic E-state index is 0. The van der Waals surface area contributed by atoms with E-state index in [0.29, 0.717) is 6.61 Å². The van der Waals surface area contributed by atoms with Gasteiger partial charge in [-0.15, -0.1) is 12.4 Å². The second kappa shape index (κ2) is 9.44. The smallest absolute Gasteiger partial charge is 0.241 e. The van der Waals surface area contributed by atoms with Gasteiger partial charge in [0.05, 0.1) is 6.04 Å². The van der Waals surface area contributed by atoms with Crippen molar-refractivity contribution in [3.63, 3.8) is 0 Å². The highest BCUT2D eigenvalue weighted by Crippen LogP contribution is 2.22. The number of carbonyl (C=O) groups is 1. The minimum atomic E-state index is -0.673. The van der Waals surface area contributed by atoms with Crippen LogP contribution < -0.4 is 15.8 Å². The number of hydrogen-bond acceptors (Lipinski definition) is 3. The molecule has 0 saturated carbocycles. The predicted octanol–water partition coefficient (Wildman–Crippen LogP) is 3.62. The lowest BCUT2D eigenvalue weighted by Crippen LogP contribution is -2.42. The fourth-order valence-electron chi connectivity index (χ4n) is 2.53. The van der Waals surface area contributed by atoms with E-state index >= 15 is 0 Å². The minimum Gasteiger partial charge on any atom is -0.491 e. The van der Waals surface area contributed by atoms with E-state index in [4.69, 9.17) is 10.5 Å². The van der Waals surface area contributed by atoms with Crippen molar-refractivity contribution >= 4 is 18.3 Å². The summed E-state index contributed by atoms with van der Waals surface area (Å²) in [7, 11) is 0. The van der Waals surface area contributed by atoms with Crippen molar-refractivity contribution in [1.82, 2.24) is 5.32 Å². The topological polar surface area (TPSA) is 64.4 Å². The average Bonchev–Trinajstić information content (AvgIpc) is 2.54. The van der Waals surface area contributed by atoms with Crippen LogP contribution in [0.25, 0.3) is 0 Å². The maximum absolute atomic E-state index is 12.3. The number of rotatable bonds is 6. The van der Waals surface area contributed by atoms with Gasteiger partial charge in [0.1, 0.15) is 18.4 Å². The molecule has 0 bridgehead atoms. The van der Waals surface area contributed by atoms with Crippen LogP contribution in [0.4, 0.5) is 0 Å². The highest BCUT2D eigenvalue weighted by atomic mass is 35.5. The van der Waals surface area contributed by atoms with Gasteiger partial charge in [0.25, 0.3) is 0 Å². The lowest BCUT2D eigenvalue weighted by Gasteiger charge is -2.19. The first-order valence-electron chi connectivity index (χ1n) is 8.20.